The highest BCUT2D eigenvalue weighted by Crippen LogP contribution is 2.17. The first kappa shape index (κ1) is 20.9. The maximum Gasteiger partial charge on any atom is 0.335 e. The van der Waals surface area contributed by atoms with Gasteiger partial charge >= 0.3 is 5.97 Å². The maximum atomic E-state index is 10.9. The van der Waals surface area contributed by atoms with Crippen LogP contribution in [-0.4, -0.2) is 42.2 Å². The molecule has 1 saturated heterocycles. The summed E-state index contributed by atoms with van der Waals surface area (Å²) in [6.45, 7) is 11.0. The SMILES string of the molecule is C=C/C(=C\C=C\Cl)OCC1NC(/C(C=C)=C/C(=C)C(=O)O)OON1C. The minimum atomic E-state index is -1.14. The molecule has 2 atom stereocenters. The van der Waals surface area contributed by atoms with E-state index in [1.54, 1.807) is 25.3 Å². The van der Waals surface area contributed by atoms with Gasteiger partial charge in [0.2, 0.25) is 0 Å². The number of carboxylic acids is 1. The Morgan fingerprint density at radius 1 is 1.44 bits per heavy atom. The van der Waals surface area contributed by atoms with Gasteiger partial charge in [0.15, 0.2) is 6.23 Å². The van der Waals surface area contributed by atoms with Crippen molar-refractivity contribution < 1.29 is 24.5 Å². The van der Waals surface area contributed by atoms with Gasteiger partial charge in [0.1, 0.15) is 18.5 Å². The lowest BCUT2D eigenvalue weighted by Gasteiger charge is -2.36. The van der Waals surface area contributed by atoms with Crippen LogP contribution >= 0.6 is 11.6 Å². The molecule has 25 heavy (non-hydrogen) atoms. The van der Waals surface area contributed by atoms with Crippen LogP contribution in [0.4, 0.5) is 0 Å². The van der Waals surface area contributed by atoms with Crippen LogP contribution in [0.15, 0.2) is 72.6 Å². The van der Waals surface area contributed by atoms with Gasteiger partial charge in [-0.05, 0) is 29.9 Å². The van der Waals surface area contributed by atoms with E-state index < -0.39 is 12.2 Å². The monoisotopic (exact) mass is 368 g/mol. The van der Waals surface area contributed by atoms with E-state index >= 15 is 0 Å². The Morgan fingerprint density at radius 3 is 2.72 bits per heavy atom. The number of rotatable bonds is 9. The smallest absolute Gasteiger partial charge is 0.335 e. The molecule has 1 fully saturated rings. The molecule has 1 aliphatic heterocycles. The highest BCUT2D eigenvalue weighted by molar-refractivity contribution is 6.25. The predicted molar refractivity (Wildman–Crippen MR) is 94.9 cm³/mol. The molecule has 136 valence electrons. The Kier molecular flexibility index (Phi) is 8.90. The molecule has 0 aromatic rings. The van der Waals surface area contributed by atoms with E-state index in [9.17, 15) is 4.79 Å². The molecule has 0 saturated carbocycles. The summed E-state index contributed by atoms with van der Waals surface area (Å²) in [7, 11) is 1.65. The van der Waals surface area contributed by atoms with Gasteiger partial charge in [-0.1, -0.05) is 37.4 Å². The quantitative estimate of drug-likeness (QED) is 0.280. The molecule has 0 aromatic carbocycles. The van der Waals surface area contributed by atoms with E-state index in [1.807, 2.05) is 0 Å². The molecule has 1 rings (SSSR count). The van der Waals surface area contributed by atoms with Crippen LogP contribution in [0.25, 0.3) is 0 Å². The second-order valence-corrected chi connectivity index (χ2v) is 5.11. The first-order valence-corrected chi connectivity index (χ1v) is 7.67. The summed E-state index contributed by atoms with van der Waals surface area (Å²) in [6, 6.07) is 0. The Labute approximate surface area is 151 Å². The number of carbonyl (C=O) groups is 1. The normalized spacial score (nSPS) is 22.6. The van der Waals surface area contributed by atoms with Gasteiger partial charge in [-0.15, -0.1) is 10.1 Å². The topological polar surface area (TPSA) is 80.3 Å². The van der Waals surface area contributed by atoms with Crippen LogP contribution in [0.2, 0.25) is 0 Å². The van der Waals surface area contributed by atoms with E-state index in [0.29, 0.717) is 11.3 Å². The number of hydrogen-bond donors (Lipinski definition) is 2. The van der Waals surface area contributed by atoms with Crippen LogP contribution in [0.1, 0.15) is 0 Å². The van der Waals surface area contributed by atoms with Gasteiger partial charge in [-0.3, -0.25) is 5.32 Å². The fourth-order valence-electron chi connectivity index (χ4n) is 1.76. The lowest BCUT2D eigenvalue weighted by Crippen LogP contribution is -2.57. The van der Waals surface area contributed by atoms with E-state index in [1.165, 1.54) is 22.8 Å². The molecule has 7 nitrogen and oxygen atoms in total. The van der Waals surface area contributed by atoms with Crippen molar-refractivity contribution in [2.75, 3.05) is 13.7 Å². The van der Waals surface area contributed by atoms with E-state index in [2.05, 4.69) is 25.1 Å². The largest absolute Gasteiger partial charge is 0.490 e. The number of aliphatic carboxylic acids is 1. The minimum Gasteiger partial charge on any atom is -0.490 e. The summed E-state index contributed by atoms with van der Waals surface area (Å²) >= 11 is 5.47. The third kappa shape index (κ3) is 6.69. The van der Waals surface area contributed by atoms with Gasteiger partial charge in [-0.2, -0.15) is 4.89 Å². The molecule has 0 amide bonds. The first-order chi connectivity index (χ1) is 11.9. The van der Waals surface area contributed by atoms with Crippen LogP contribution in [0.5, 0.6) is 0 Å². The van der Waals surface area contributed by atoms with Crippen LogP contribution in [0, 0.1) is 0 Å². The zero-order valence-electron chi connectivity index (χ0n) is 13.9. The van der Waals surface area contributed by atoms with Gasteiger partial charge in [0.05, 0.1) is 5.57 Å². The van der Waals surface area contributed by atoms with Crippen LogP contribution in [-0.2, 0) is 19.4 Å². The van der Waals surface area contributed by atoms with Gasteiger partial charge < -0.3 is 9.84 Å². The lowest BCUT2D eigenvalue weighted by atomic mass is 10.1. The highest BCUT2D eigenvalue weighted by atomic mass is 35.5. The average Bonchev–Trinajstić information content (AvgIpc) is 2.60. The molecule has 1 aliphatic rings. The summed E-state index contributed by atoms with van der Waals surface area (Å²) in [5.74, 6) is -0.616. The Morgan fingerprint density at radius 2 is 2.16 bits per heavy atom. The number of hydrogen-bond acceptors (Lipinski definition) is 6. The number of hydroxylamine groups is 2. The minimum absolute atomic E-state index is 0.100. The van der Waals surface area contributed by atoms with Gasteiger partial charge in [-0.25, -0.2) is 4.79 Å². The van der Waals surface area contributed by atoms with E-state index in [-0.39, 0.29) is 18.3 Å². The molecular formula is C17H21ClN2O5. The van der Waals surface area contributed by atoms with Crippen molar-refractivity contribution in [3.63, 3.8) is 0 Å². The highest BCUT2D eigenvalue weighted by Gasteiger charge is 2.30. The lowest BCUT2D eigenvalue weighted by molar-refractivity contribution is -0.477. The van der Waals surface area contributed by atoms with Crippen molar-refractivity contribution in [1.82, 2.24) is 10.4 Å². The molecule has 2 N–H and O–H groups in total. The molecule has 0 spiro atoms. The molecule has 0 radical (unpaired) electrons. The van der Waals surface area contributed by atoms with Crippen molar-refractivity contribution in [1.29, 1.82) is 0 Å². The molecule has 0 aromatic heterocycles. The fraction of sp³-hybridized carbons (Fsp3) is 0.235. The molecule has 1 heterocycles. The Hall–Kier alpha value is -2.16. The second-order valence-electron chi connectivity index (χ2n) is 4.86. The number of nitrogens with zero attached hydrogens (tertiary/aromatic N) is 1. The first-order valence-electron chi connectivity index (χ1n) is 7.23. The van der Waals surface area contributed by atoms with Crippen molar-refractivity contribution in [3.05, 3.63) is 72.6 Å². The number of ether oxygens (including phenoxy) is 1. The third-order valence-electron chi connectivity index (χ3n) is 3.14. The van der Waals surface area contributed by atoms with Crippen molar-refractivity contribution >= 4 is 17.6 Å². The number of nitrogens with one attached hydrogen (secondary N) is 1. The second kappa shape index (κ2) is 10.7. The Bertz CT molecular complexity index is 612. The number of carboxylic acid groups (broad SMARTS) is 1. The van der Waals surface area contributed by atoms with Gasteiger partial charge in [0, 0.05) is 12.6 Å². The van der Waals surface area contributed by atoms with Crippen LogP contribution < -0.4 is 5.32 Å². The molecular weight excluding hydrogens is 348 g/mol. The number of allylic oxidation sites excluding steroid dienone is 3. The third-order valence-corrected chi connectivity index (χ3v) is 3.28. The summed E-state index contributed by atoms with van der Waals surface area (Å²) in [6.07, 6.45) is 6.48. The maximum absolute atomic E-state index is 10.9. The fourth-order valence-corrected chi connectivity index (χ4v) is 1.83. The number of halogens is 1. The molecule has 2 unspecified atom stereocenters. The van der Waals surface area contributed by atoms with Crippen LogP contribution in [0.3, 0.4) is 0 Å². The Balaban J connectivity index is 2.79. The standard InChI is InChI=1S/C17H21ClN2O5/c1-5-13(10-12(3)17(21)22)16-19-15(20(4)25-24-16)11-23-14(6-2)8-7-9-18/h5-10,15-16,19H,1-3,11H2,4H3,(H,21,22)/b9-7+,13-10+,14-8+. The predicted octanol–water partition coefficient (Wildman–Crippen LogP) is 2.63. The van der Waals surface area contributed by atoms with Crippen molar-refractivity contribution in [2.45, 2.75) is 12.4 Å². The summed E-state index contributed by atoms with van der Waals surface area (Å²) in [5.41, 5.74) is 1.70. The molecule has 0 bridgehead atoms. The average molecular weight is 369 g/mol. The zero-order valence-corrected chi connectivity index (χ0v) is 14.6. The summed E-state index contributed by atoms with van der Waals surface area (Å²) < 4.78 is 5.62. The van der Waals surface area contributed by atoms with E-state index in [4.69, 9.17) is 31.3 Å². The zero-order chi connectivity index (χ0) is 18.8. The molecule has 0 aliphatic carbocycles. The van der Waals surface area contributed by atoms with Crippen molar-refractivity contribution in [3.8, 4) is 0 Å². The molecule has 8 heteroatoms. The summed E-state index contributed by atoms with van der Waals surface area (Å²) in [5, 5.41) is 13.5. The van der Waals surface area contributed by atoms with E-state index in [0.717, 1.165) is 0 Å². The van der Waals surface area contributed by atoms with Gasteiger partial charge in [0.25, 0.3) is 0 Å². The number of likely N-dealkylation sites (N-methyl/N-ethyl adjacent to an activating group) is 1. The van der Waals surface area contributed by atoms with Crippen molar-refractivity contribution in [2.24, 2.45) is 0 Å². The summed E-state index contributed by atoms with van der Waals surface area (Å²) in [4.78, 5) is 21.2.